The highest BCUT2D eigenvalue weighted by atomic mass is 16.6. The molecule has 0 spiro atoms. The third-order valence-electron chi connectivity index (χ3n) is 3.45. The van der Waals surface area contributed by atoms with E-state index in [1.54, 1.807) is 0 Å². The lowest BCUT2D eigenvalue weighted by Gasteiger charge is -2.24. The van der Waals surface area contributed by atoms with Gasteiger partial charge in [0.2, 0.25) is 0 Å². The largest absolute Gasteiger partial charge is 0.444 e. The van der Waals surface area contributed by atoms with E-state index in [9.17, 15) is 4.79 Å². The van der Waals surface area contributed by atoms with Crippen molar-refractivity contribution in [2.45, 2.75) is 84.1 Å². The van der Waals surface area contributed by atoms with E-state index in [0.717, 1.165) is 26.0 Å². The van der Waals surface area contributed by atoms with Gasteiger partial charge < -0.3 is 20.1 Å². The van der Waals surface area contributed by atoms with Crippen molar-refractivity contribution in [1.29, 1.82) is 0 Å². The highest BCUT2D eigenvalue weighted by molar-refractivity contribution is 5.68. The number of carbonyl (C=O) groups excluding carboxylic acids is 1. The molecule has 1 saturated heterocycles. The first-order valence-corrected chi connectivity index (χ1v) is 8.11. The average molecular weight is 300 g/mol. The standard InChI is InChI=1S/C16H32N2O3/c1-12(17-9-8-14-7-6-10-20-14)11-13(2)18-15(19)21-16(3,4)5/h12-14,17H,6-11H2,1-5H3,(H,18,19). The predicted octanol–water partition coefficient (Wildman–Crippen LogP) is 2.84. The molecule has 0 saturated carbocycles. The third-order valence-corrected chi connectivity index (χ3v) is 3.45. The Morgan fingerprint density at radius 3 is 2.62 bits per heavy atom. The normalized spacial score (nSPS) is 21.9. The van der Waals surface area contributed by atoms with Crippen molar-refractivity contribution in [2.24, 2.45) is 0 Å². The van der Waals surface area contributed by atoms with Gasteiger partial charge in [-0.25, -0.2) is 4.79 Å². The first-order valence-electron chi connectivity index (χ1n) is 8.11. The molecule has 21 heavy (non-hydrogen) atoms. The van der Waals surface area contributed by atoms with E-state index in [1.807, 2.05) is 27.7 Å². The second kappa shape index (κ2) is 8.59. The van der Waals surface area contributed by atoms with Gasteiger partial charge in [-0.15, -0.1) is 0 Å². The van der Waals surface area contributed by atoms with Crippen LogP contribution in [0.4, 0.5) is 4.79 Å². The minimum absolute atomic E-state index is 0.0880. The van der Waals surface area contributed by atoms with Crippen LogP contribution in [-0.4, -0.2) is 43.0 Å². The summed E-state index contributed by atoms with van der Waals surface area (Å²) in [6, 6.07) is 0.446. The van der Waals surface area contributed by atoms with Gasteiger partial charge in [-0.3, -0.25) is 0 Å². The predicted molar refractivity (Wildman–Crippen MR) is 84.5 cm³/mol. The molecule has 1 aliphatic rings. The second-order valence-corrected chi connectivity index (χ2v) is 7.06. The second-order valence-electron chi connectivity index (χ2n) is 7.06. The van der Waals surface area contributed by atoms with Crippen molar-refractivity contribution < 1.29 is 14.3 Å². The zero-order valence-corrected chi connectivity index (χ0v) is 14.2. The quantitative estimate of drug-likeness (QED) is 0.759. The summed E-state index contributed by atoms with van der Waals surface area (Å²) in [5.74, 6) is 0. The zero-order valence-electron chi connectivity index (χ0n) is 14.2. The van der Waals surface area contributed by atoms with Crippen molar-refractivity contribution in [3.63, 3.8) is 0 Å². The number of hydrogen-bond acceptors (Lipinski definition) is 4. The van der Waals surface area contributed by atoms with Gasteiger partial charge in [0.25, 0.3) is 0 Å². The average Bonchev–Trinajstić information content (AvgIpc) is 2.78. The molecule has 1 heterocycles. The molecule has 0 bridgehead atoms. The first-order chi connectivity index (χ1) is 9.76. The number of ether oxygens (including phenoxy) is 2. The van der Waals surface area contributed by atoms with Gasteiger partial charge in [0, 0.05) is 18.7 Å². The molecule has 1 fully saturated rings. The van der Waals surface area contributed by atoms with Crippen LogP contribution in [-0.2, 0) is 9.47 Å². The summed E-state index contributed by atoms with van der Waals surface area (Å²) >= 11 is 0. The molecule has 3 unspecified atom stereocenters. The van der Waals surface area contributed by atoms with Crippen LogP contribution in [0, 0.1) is 0 Å². The first kappa shape index (κ1) is 18.2. The molecular formula is C16H32N2O3. The maximum atomic E-state index is 11.7. The molecule has 0 aromatic rings. The van der Waals surface area contributed by atoms with E-state index in [2.05, 4.69) is 17.6 Å². The number of hydrogen-bond donors (Lipinski definition) is 2. The molecule has 0 aromatic carbocycles. The van der Waals surface area contributed by atoms with Crippen molar-refractivity contribution in [3.05, 3.63) is 0 Å². The van der Waals surface area contributed by atoms with E-state index in [-0.39, 0.29) is 12.1 Å². The fourth-order valence-electron chi connectivity index (χ4n) is 2.54. The maximum Gasteiger partial charge on any atom is 0.407 e. The Morgan fingerprint density at radius 2 is 2.05 bits per heavy atom. The molecule has 1 rings (SSSR count). The van der Waals surface area contributed by atoms with Gasteiger partial charge in [0.1, 0.15) is 5.60 Å². The molecule has 1 amide bonds. The maximum absolute atomic E-state index is 11.7. The van der Waals surface area contributed by atoms with Crippen LogP contribution >= 0.6 is 0 Å². The zero-order chi connectivity index (χ0) is 15.9. The van der Waals surface area contributed by atoms with Crippen molar-refractivity contribution in [1.82, 2.24) is 10.6 Å². The van der Waals surface area contributed by atoms with Crippen LogP contribution in [0.3, 0.4) is 0 Å². The Bertz CT molecular complexity index is 309. The van der Waals surface area contributed by atoms with Crippen molar-refractivity contribution >= 4 is 6.09 Å². The van der Waals surface area contributed by atoms with E-state index >= 15 is 0 Å². The lowest BCUT2D eigenvalue weighted by Crippen LogP contribution is -2.41. The van der Waals surface area contributed by atoms with Gasteiger partial charge in [0.05, 0.1) is 6.10 Å². The van der Waals surface area contributed by atoms with Crippen LogP contribution in [0.25, 0.3) is 0 Å². The van der Waals surface area contributed by atoms with E-state index < -0.39 is 5.60 Å². The molecule has 0 aromatic heterocycles. The number of nitrogens with one attached hydrogen (secondary N) is 2. The van der Waals surface area contributed by atoms with Crippen LogP contribution in [0.2, 0.25) is 0 Å². The molecule has 2 N–H and O–H groups in total. The summed E-state index contributed by atoms with van der Waals surface area (Å²) < 4.78 is 10.9. The van der Waals surface area contributed by atoms with Gasteiger partial charge >= 0.3 is 6.09 Å². The summed E-state index contributed by atoms with van der Waals surface area (Å²) in [4.78, 5) is 11.7. The Morgan fingerprint density at radius 1 is 1.33 bits per heavy atom. The van der Waals surface area contributed by atoms with Crippen LogP contribution < -0.4 is 10.6 Å². The molecule has 0 radical (unpaired) electrons. The highest BCUT2D eigenvalue weighted by Gasteiger charge is 2.19. The molecule has 1 aliphatic heterocycles. The summed E-state index contributed by atoms with van der Waals surface area (Å²) in [5, 5.41) is 6.36. The number of amides is 1. The molecule has 124 valence electrons. The molecule has 5 nitrogen and oxygen atoms in total. The van der Waals surface area contributed by atoms with Gasteiger partial charge in [-0.1, -0.05) is 0 Å². The van der Waals surface area contributed by atoms with E-state index in [0.29, 0.717) is 12.1 Å². The fourth-order valence-corrected chi connectivity index (χ4v) is 2.54. The highest BCUT2D eigenvalue weighted by Crippen LogP contribution is 2.14. The number of rotatable bonds is 7. The minimum atomic E-state index is -0.449. The Balaban J connectivity index is 2.11. The lowest BCUT2D eigenvalue weighted by molar-refractivity contribution is 0.0504. The summed E-state index contributed by atoms with van der Waals surface area (Å²) in [5.41, 5.74) is -0.449. The molecule has 5 heteroatoms. The topological polar surface area (TPSA) is 59.6 Å². The fraction of sp³-hybridized carbons (Fsp3) is 0.938. The van der Waals surface area contributed by atoms with Crippen LogP contribution in [0.15, 0.2) is 0 Å². The molecular weight excluding hydrogens is 268 g/mol. The summed E-state index contributed by atoms with van der Waals surface area (Å²) in [7, 11) is 0. The van der Waals surface area contributed by atoms with Gasteiger partial charge in [-0.05, 0) is 66.8 Å². The summed E-state index contributed by atoms with van der Waals surface area (Å²) in [6.45, 7) is 11.6. The Labute approximate surface area is 129 Å². The smallest absolute Gasteiger partial charge is 0.407 e. The number of carbonyl (C=O) groups is 1. The Hall–Kier alpha value is -0.810. The molecule has 0 aliphatic carbocycles. The van der Waals surface area contributed by atoms with Crippen molar-refractivity contribution in [2.75, 3.05) is 13.2 Å². The van der Waals surface area contributed by atoms with E-state index in [1.165, 1.54) is 12.8 Å². The van der Waals surface area contributed by atoms with Crippen molar-refractivity contribution in [3.8, 4) is 0 Å². The lowest BCUT2D eigenvalue weighted by atomic mass is 10.1. The van der Waals surface area contributed by atoms with Gasteiger partial charge in [-0.2, -0.15) is 0 Å². The van der Waals surface area contributed by atoms with Gasteiger partial charge in [0.15, 0.2) is 0 Å². The minimum Gasteiger partial charge on any atom is -0.444 e. The van der Waals surface area contributed by atoms with Crippen LogP contribution in [0.1, 0.15) is 60.3 Å². The Kier molecular flexibility index (Phi) is 7.46. The number of alkyl carbamates (subject to hydrolysis) is 1. The summed E-state index contributed by atoms with van der Waals surface area (Å²) in [6.07, 6.45) is 4.41. The third kappa shape index (κ3) is 8.94. The molecule has 3 atom stereocenters. The van der Waals surface area contributed by atoms with Crippen LogP contribution in [0.5, 0.6) is 0 Å². The SMILES string of the molecule is CC(CC(C)NC(=O)OC(C)(C)C)NCCC1CCCO1. The van der Waals surface area contributed by atoms with E-state index in [4.69, 9.17) is 9.47 Å². The monoisotopic (exact) mass is 300 g/mol.